The van der Waals surface area contributed by atoms with Crippen LogP contribution in [-0.2, 0) is 14.3 Å². The Morgan fingerprint density at radius 3 is 2.52 bits per heavy atom. The lowest BCUT2D eigenvalue weighted by Gasteiger charge is -2.17. The Morgan fingerprint density at radius 1 is 1.26 bits per heavy atom. The number of hydrogen-bond donors (Lipinski definition) is 0. The number of benzene rings is 1. The van der Waals surface area contributed by atoms with Crippen LogP contribution in [0, 0.1) is 0 Å². The maximum atomic E-state index is 12.2. The molecule has 1 aromatic rings. The Hall–Kier alpha value is -2.70. The molecule has 0 radical (unpaired) electrons. The highest BCUT2D eigenvalue weighted by molar-refractivity contribution is 6.21. The number of aliphatic imine (C=N–C) groups is 1. The number of imide groups is 1. The third-order valence-corrected chi connectivity index (χ3v) is 4.00. The zero-order valence-corrected chi connectivity index (χ0v) is 12.6. The van der Waals surface area contributed by atoms with Gasteiger partial charge in [-0.1, -0.05) is 12.1 Å². The zero-order chi connectivity index (χ0) is 16.4. The van der Waals surface area contributed by atoms with Crippen LogP contribution >= 0.6 is 0 Å². The van der Waals surface area contributed by atoms with Crippen molar-refractivity contribution in [2.24, 2.45) is 4.99 Å². The van der Waals surface area contributed by atoms with Crippen LogP contribution in [-0.4, -0.2) is 54.9 Å². The van der Waals surface area contributed by atoms with Gasteiger partial charge in [-0.25, -0.2) is 9.79 Å². The number of fused-ring (bicyclic) bond motifs is 1. The monoisotopic (exact) mass is 316 g/mol. The van der Waals surface area contributed by atoms with Crippen LogP contribution in [0.5, 0.6) is 0 Å². The fourth-order valence-electron chi connectivity index (χ4n) is 2.80. The summed E-state index contributed by atoms with van der Waals surface area (Å²) < 4.78 is 9.96. The second-order valence-corrected chi connectivity index (χ2v) is 5.35. The molecule has 0 aromatic heterocycles. The van der Waals surface area contributed by atoms with Crippen molar-refractivity contribution in [3.63, 3.8) is 0 Å². The first-order valence-corrected chi connectivity index (χ1v) is 7.33. The maximum absolute atomic E-state index is 12.2. The second-order valence-electron chi connectivity index (χ2n) is 5.35. The summed E-state index contributed by atoms with van der Waals surface area (Å²) in [6.45, 7) is 0.278. The second kappa shape index (κ2) is 6.20. The number of nitrogens with zero attached hydrogens (tertiary/aromatic N) is 2. The Labute approximate surface area is 132 Å². The number of hydrogen-bond acceptors (Lipinski definition) is 6. The van der Waals surface area contributed by atoms with Gasteiger partial charge in [0.15, 0.2) is 12.4 Å². The molecule has 7 heteroatoms. The summed E-state index contributed by atoms with van der Waals surface area (Å²) in [4.78, 5) is 41.2. The quantitative estimate of drug-likeness (QED) is 0.598. The van der Waals surface area contributed by atoms with E-state index < -0.39 is 18.1 Å². The van der Waals surface area contributed by atoms with Gasteiger partial charge in [0.2, 0.25) is 0 Å². The van der Waals surface area contributed by atoms with Crippen molar-refractivity contribution in [3.05, 3.63) is 35.4 Å². The van der Waals surface area contributed by atoms with E-state index in [0.29, 0.717) is 24.0 Å². The third kappa shape index (κ3) is 2.69. The average Bonchev–Trinajstić information content (AvgIpc) is 3.13. The summed E-state index contributed by atoms with van der Waals surface area (Å²) in [5, 5.41) is 0. The summed E-state index contributed by atoms with van der Waals surface area (Å²) in [5.74, 6) is -1.01. The largest absolute Gasteiger partial charge is 0.477 e. The predicted molar refractivity (Wildman–Crippen MR) is 80.2 cm³/mol. The van der Waals surface area contributed by atoms with Crippen LogP contribution in [0.25, 0.3) is 0 Å². The lowest BCUT2D eigenvalue weighted by Crippen LogP contribution is -2.34. The van der Waals surface area contributed by atoms with Gasteiger partial charge in [-0.2, -0.15) is 0 Å². The Kier molecular flexibility index (Phi) is 4.10. The number of methoxy groups -OCH3 is 1. The SMILES string of the molecule is COC(=O)[C@@H]1N=CO[C@H]1CCCN1C(=O)c2ccccc2C1=O. The molecular formula is C16H16N2O5. The van der Waals surface area contributed by atoms with Crippen LogP contribution < -0.4 is 0 Å². The lowest BCUT2D eigenvalue weighted by molar-refractivity contribution is -0.143. The zero-order valence-electron chi connectivity index (χ0n) is 12.6. The molecule has 2 aliphatic heterocycles. The molecule has 0 aliphatic carbocycles. The molecule has 2 amide bonds. The molecule has 0 saturated heterocycles. The molecular weight excluding hydrogens is 300 g/mol. The maximum Gasteiger partial charge on any atom is 0.334 e. The first-order chi connectivity index (χ1) is 11.1. The van der Waals surface area contributed by atoms with E-state index in [4.69, 9.17) is 4.74 Å². The summed E-state index contributed by atoms with van der Waals surface area (Å²) in [6.07, 6.45) is 1.84. The van der Waals surface area contributed by atoms with Crippen molar-refractivity contribution in [1.82, 2.24) is 4.90 Å². The molecule has 3 rings (SSSR count). The Morgan fingerprint density at radius 2 is 1.91 bits per heavy atom. The normalized spacial score (nSPS) is 22.2. The van der Waals surface area contributed by atoms with E-state index in [1.807, 2.05) is 0 Å². The van der Waals surface area contributed by atoms with Crippen LogP contribution in [0.1, 0.15) is 33.6 Å². The molecule has 0 fully saturated rings. The van der Waals surface area contributed by atoms with E-state index in [1.165, 1.54) is 18.4 Å². The third-order valence-electron chi connectivity index (χ3n) is 4.00. The van der Waals surface area contributed by atoms with Gasteiger partial charge in [0.05, 0.1) is 18.2 Å². The molecule has 0 bridgehead atoms. The van der Waals surface area contributed by atoms with E-state index in [9.17, 15) is 14.4 Å². The molecule has 2 atom stereocenters. The van der Waals surface area contributed by atoms with Gasteiger partial charge in [-0.3, -0.25) is 14.5 Å². The number of ether oxygens (including phenoxy) is 2. The summed E-state index contributed by atoms with van der Waals surface area (Å²) in [5.41, 5.74) is 0.871. The van der Waals surface area contributed by atoms with Crippen molar-refractivity contribution < 1.29 is 23.9 Å². The average molecular weight is 316 g/mol. The van der Waals surface area contributed by atoms with Crippen molar-refractivity contribution in [2.45, 2.75) is 25.0 Å². The Balaban J connectivity index is 1.57. The standard InChI is InChI=1S/C16H16N2O5/c1-22-16(21)13-12(23-9-17-13)7-4-8-18-14(19)10-5-2-3-6-11(10)15(18)20/h2-3,5-6,9,12-13H,4,7-8H2,1H3/t12-,13+/m0/s1. The van der Waals surface area contributed by atoms with Gasteiger partial charge < -0.3 is 9.47 Å². The molecule has 23 heavy (non-hydrogen) atoms. The highest BCUT2D eigenvalue weighted by atomic mass is 16.5. The molecule has 0 unspecified atom stereocenters. The van der Waals surface area contributed by atoms with Crippen molar-refractivity contribution in [1.29, 1.82) is 0 Å². The van der Waals surface area contributed by atoms with E-state index in [-0.39, 0.29) is 18.4 Å². The van der Waals surface area contributed by atoms with Gasteiger partial charge in [0, 0.05) is 6.54 Å². The smallest absolute Gasteiger partial charge is 0.334 e. The number of rotatable bonds is 5. The van der Waals surface area contributed by atoms with Crippen LogP contribution in [0.3, 0.4) is 0 Å². The van der Waals surface area contributed by atoms with Crippen LogP contribution in [0.2, 0.25) is 0 Å². The van der Waals surface area contributed by atoms with Gasteiger partial charge >= 0.3 is 5.97 Å². The van der Waals surface area contributed by atoms with Gasteiger partial charge in [-0.15, -0.1) is 0 Å². The molecule has 2 heterocycles. The number of carbonyl (C=O) groups excluding carboxylic acids is 3. The summed E-state index contributed by atoms with van der Waals surface area (Å²) >= 11 is 0. The van der Waals surface area contributed by atoms with E-state index in [1.54, 1.807) is 24.3 Å². The van der Waals surface area contributed by atoms with Crippen molar-refractivity contribution >= 4 is 24.2 Å². The number of esters is 1. The van der Waals surface area contributed by atoms with Crippen LogP contribution in [0.4, 0.5) is 0 Å². The van der Waals surface area contributed by atoms with Crippen molar-refractivity contribution in [2.75, 3.05) is 13.7 Å². The number of carbonyl (C=O) groups is 3. The highest BCUT2D eigenvalue weighted by Crippen LogP contribution is 2.23. The summed E-state index contributed by atoms with van der Waals surface area (Å²) in [7, 11) is 1.30. The molecule has 120 valence electrons. The molecule has 0 saturated carbocycles. The lowest BCUT2D eigenvalue weighted by atomic mass is 10.1. The summed E-state index contributed by atoms with van der Waals surface area (Å²) in [6, 6.07) is 6.09. The van der Waals surface area contributed by atoms with E-state index in [2.05, 4.69) is 9.73 Å². The Bertz CT molecular complexity index is 650. The fraction of sp³-hybridized carbons (Fsp3) is 0.375. The van der Waals surface area contributed by atoms with Gasteiger partial charge in [0.1, 0.15) is 6.10 Å². The molecule has 1 aromatic carbocycles. The molecule has 0 spiro atoms. The van der Waals surface area contributed by atoms with E-state index >= 15 is 0 Å². The first-order valence-electron chi connectivity index (χ1n) is 7.33. The van der Waals surface area contributed by atoms with E-state index in [0.717, 1.165) is 0 Å². The van der Waals surface area contributed by atoms with Crippen molar-refractivity contribution in [3.8, 4) is 0 Å². The van der Waals surface area contributed by atoms with Gasteiger partial charge in [-0.05, 0) is 25.0 Å². The predicted octanol–water partition coefficient (Wildman–Crippen LogP) is 1.03. The minimum absolute atomic E-state index is 0.278. The van der Waals surface area contributed by atoms with Gasteiger partial charge in [0.25, 0.3) is 11.8 Å². The molecule has 7 nitrogen and oxygen atoms in total. The number of amides is 2. The fourth-order valence-corrected chi connectivity index (χ4v) is 2.80. The molecule has 2 aliphatic rings. The van der Waals surface area contributed by atoms with Crippen LogP contribution in [0.15, 0.2) is 29.3 Å². The first kappa shape index (κ1) is 15.2. The minimum atomic E-state index is -0.679. The highest BCUT2D eigenvalue weighted by Gasteiger charge is 2.36. The minimum Gasteiger partial charge on any atom is -0.477 e. The molecule has 0 N–H and O–H groups in total. The topological polar surface area (TPSA) is 85.3 Å².